The SMILES string of the molecule is Cc1ccc(OCc2ccc(C(=O)NCc3ccc(Cn4ccccc4=O)cc3)o2)c(C)c1. The van der Waals surface area contributed by atoms with Crippen LogP contribution in [0.2, 0.25) is 0 Å². The number of benzene rings is 2. The second-order valence-electron chi connectivity index (χ2n) is 7.99. The number of rotatable bonds is 8. The van der Waals surface area contributed by atoms with E-state index in [1.165, 1.54) is 5.56 Å². The number of amides is 1. The van der Waals surface area contributed by atoms with Gasteiger partial charge >= 0.3 is 0 Å². The van der Waals surface area contributed by atoms with Gasteiger partial charge in [-0.2, -0.15) is 0 Å². The molecular formula is C27H26N2O4. The van der Waals surface area contributed by atoms with E-state index in [-0.39, 0.29) is 23.8 Å². The number of nitrogens with one attached hydrogen (secondary N) is 1. The molecule has 0 aliphatic carbocycles. The van der Waals surface area contributed by atoms with Crippen LogP contribution in [0.1, 0.15) is 38.6 Å². The highest BCUT2D eigenvalue weighted by molar-refractivity contribution is 5.91. The van der Waals surface area contributed by atoms with Crippen LogP contribution in [0.4, 0.5) is 0 Å². The molecule has 0 spiro atoms. The molecule has 0 fully saturated rings. The molecule has 0 atom stereocenters. The molecule has 2 aromatic heterocycles. The summed E-state index contributed by atoms with van der Waals surface area (Å²) in [6.45, 7) is 5.17. The zero-order valence-corrected chi connectivity index (χ0v) is 18.7. The maximum atomic E-state index is 12.5. The Kier molecular flexibility index (Phi) is 6.74. The van der Waals surface area contributed by atoms with E-state index >= 15 is 0 Å². The highest BCUT2D eigenvalue weighted by atomic mass is 16.5. The van der Waals surface area contributed by atoms with Crippen LogP contribution in [0.3, 0.4) is 0 Å². The highest BCUT2D eigenvalue weighted by Crippen LogP contribution is 2.20. The molecule has 0 aliphatic heterocycles. The van der Waals surface area contributed by atoms with E-state index in [0.717, 1.165) is 22.4 Å². The second-order valence-corrected chi connectivity index (χ2v) is 7.99. The predicted octanol–water partition coefficient (Wildman–Crippen LogP) is 4.62. The van der Waals surface area contributed by atoms with Gasteiger partial charge in [0.05, 0.1) is 6.54 Å². The van der Waals surface area contributed by atoms with Crippen molar-refractivity contribution in [1.82, 2.24) is 9.88 Å². The normalized spacial score (nSPS) is 10.7. The van der Waals surface area contributed by atoms with E-state index in [1.807, 2.05) is 56.3 Å². The van der Waals surface area contributed by atoms with Gasteiger partial charge in [-0.15, -0.1) is 0 Å². The molecule has 2 heterocycles. The fraction of sp³-hybridized carbons (Fsp3) is 0.185. The zero-order valence-electron chi connectivity index (χ0n) is 18.7. The second kappa shape index (κ2) is 10.0. The van der Waals surface area contributed by atoms with Crippen LogP contribution in [0.25, 0.3) is 0 Å². The lowest BCUT2D eigenvalue weighted by Crippen LogP contribution is -2.22. The summed E-state index contributed by atoms with van der Waals surface area (Å²) in [7, 11) is 0. The molecule has 0 aliphatic rings. The zero-order chi connectivity index (χ0) is 23.2. The molecule has 4 rings (SSSR count). The number of ether oxygens (including phenoxy) is 1. The van der Waals surface area contributed by atoms with E-state index in [1.54, 1.807) is 35.0 Å². The van der Waals surface area contributed by atoms with Crippen LogP contribution in [0.15, 0.2) is 88.2 Å². The minimum atomic E-state index is -0.285. The van der Waals surface area contributed by atoms with Crippen LogP contribution >= 0.6 is 0 Å². The van der Waals surface area contributed by atoms with Crippen molar-refractivity contribution in [3.63, 3.8) is 0 Å². The standard InChI is InChI=1S/C27H26N2O4/c1-19-6-12-24(20(2)15-19)32-18-23-11-13-25(33-23)27(31)28-16-21-7-9-22(10-8-21)17-29-14-4-3-5-26(29)30/h3-15H,16-18H2,1-2H3,(H,28,31). The van der Waals surface area contributed by atoms with Crippen molar-refractivity contribution in [3.05, 3.63) is 123 Å². The van der Waals surface area contributed by atoms with Gasteiger partial charge in [-0.1, -0.05) is 48.0 Å². The van der Waals surface area contributed by atoms with Crippen molar-refractivity contribution in [1.29, 1.82) is 0 Å². The Morgan fingerprint density at radius 1 is 0.970 bits per heavy atom. The lowest BCUT2D eigenvalue weighted by Gasteiger charge is -2.08. The molecule has 0 bridgehead atoms. The number of aryl methyl sites for hydroxylation is 2. The molecule has 0 unspecified atom stereocenters. The van der Waals surface area contributed by atoms with Crippen molar-refractivity contribution < 1.29 is 13.9 Å². The van der Waals surface area contributed by atoms with Crippen molar-refractivity contribution in [2.45, 2.75) is 33.5 Å². The highest BCUT2D eigenvalue weighted by Gasteiger charge is 2.12. The van der Waals surface area contributed by atoms with E-state index in [9.17, 15) is 9.59 Å². The van der Waals surface area contributed by atoms with Crippen LogP contribution in [0, 0.1) is 13.8 Å². The van der Waals surface area contributed by atoms with Crippen molar-refractivity contribution in [2.75, 3.05) is 0 Å². The van der Waals surface area contributed by atoms with Crippen LogP contribution in [0.5, 0.6) is 5.75 Å². The molecular weight excluding hydrogens is 416 g/mol. The minimum absolute atomic E-state index is 0.0361. The number of furan rings is 1. The molecule has 2 aromatic carbocycles. The van der Waals surface area contributed by atoms with Gasteiger partial charge in [-0.3, -0.25) is 9.59 Å². The predicted molar refractivity (Wildman–Crippen MR) is 126 cm³/mol. The molecule has 0 saturated heterocycles. The summed E-state index contributed by atoms with van der Waals surface area (Å²) < 4.78 is 13.1. The molecule has 33 heavy (non-hydrogen) atoms. The largest absolute Gasteiger partial charge is 0.485 e. The Balaban J connectivity index is 1.29. The lowest BCUT2D eigenvalue weighted by atomic mass is 10.1. The number of hydrogen-bond donors (Lipinski definition) is 1. The average molecular weight is 443 g/mol. The maximum absolute atomic E-state index is 12.5. The number of carbonyl (C=O) groups is 1. The Bertz CT molecular complexity index is 1300. The fourth-order valence-corrected chi connectivity index (χ4v) is 3.51. The Labute approximate surface area is 192 Å². The molecule has 168 valence electrons. The average Bonchev–Trinajstić information content (AvgIpc) is 3.28. The van der Waals surface area contributed by atoms with E-state index in [0.29, 0.717) is 18.8 Å². The van der Waals surface area contributed by atoms with E-state index in [2.05, 4.69) is 11.4 Å². The number of pyridine rings is 1. The van der Waals surface area contributed by atoms with Gasteiger partial charge in [0, 0.05) is 18.8 Å². The van der Waals surface area contributed by atoms with E-state index < -0.39 is 0 Å². The van der Waals surface area contributed by atoms with Gasteiger partial charge in [0.25, 0.3) is 11.5 Å². The summed E-state index contributed by atoms with van der Waals surface area (Å²) in [4.78, 5) is 24.3. The Morgan fingerprint density at radius 3 is 2.52 bits per heavy atom. The topological polar surface area (TPSA) is 73.5 Å². The Hall–Kier alpha value is -4.06. The van der Waals surface area contributed by atoms with Gasteiger partial charge in [0.1, 0.15) is 18.1 Å². The van der Waals surface area contributed by atoms with Gasteiger partial charge in [-0.25, -0.2) is 0 Å². The van der Waals surface area contributed by atoms with Crippen molar-refractivity contribution in [3.8, 4) is 5.75 Å². The summed E-state index contributed by atoms with van der Waals surface area (Å²) in [5, 5.41) is 2.87. The van der Waals surface area contributed by atoms with Crippen LogP contribution < -0.4 is 15.6 Å². The first-order valence-corrected chi connectivity index (χ1v) is 10.8. The summed E-state index contributed by atoms with van der Waals surface area (Å²) >= 11 is 0. The lowest BCUT2D eigenvalue weighted by molar-refractivity contribution is 0.0919. The third-order valence-electron chi connectivity index (χ3n) is 5.31. The fourth-order valence-electron chi connectivity index (χ4n) is 3.51. The quantitative estimate of drug-likeness (QED) is 0.432. The van der Waals surface area contributed by atoms with E-state index in [4.69, 9.17) is 9.15 Å². The third-order valence-corrected chi connectivity index (χ3v) is 5.31. The van der Waals surface area contributed by atoms with Crippen LogP contribution in [-0.2, 0) is 19.7 Å². The number of nitrogens with zero attached hydrogens (tertiary/aromatic N) is 1. The maximum Gasteiger partial charge on any atom is 0.287 e. The Morgan fingerprint density at radius 2 is 1.76 bits per heavy atom. The first kappa shape index (κ1) is 22.1. The summed E-state index contributed by atoms with van der Waals surface area (Å²) in [5.74, 6) is 1.34. The molecule has 4 aromatic rings. The van der Waals surface area contributed by atoms with Crippen molar-refractivity contribution >= 4 is 5.91 Å². The van der Waals surface area contributed by atoms with Crippen LogP contribution in [-0.4, -0.2) is 10.5 Å². The molecule has 0 saturated carbocycles. The summed E-state index contributed by atoms with van der Waals surface area (Å²) in [6.07, 6.45) is 1.76. The number of carbonyl (C=O) groups excluding carboxylic acids is 1. The number of hydrogen-bond acceptors (Lipinski definition) is 4. The smallest absolute Gasteiger partial charge is 0.287 e. The summed E-state index contributed by atoms with van der Waals surface area (Å²) in [6, 6.07) is 22.3. The molecule has 0 radical (unpaired) electrons. The number of aromatic nitrogens is 1. The third kappa shape index (κ3) is 5.80. The first-order chi connectivity index (χ1) is 16.0. The first-order valence-electron chi connectivity index (χ1n) is 10.8. The van der Waals surface area contributed by atoms with Crippen molar-refractivity contribution in [2.24, 2.45) is 0 Å². The van der Waals surface area contributed by atoms with Gasteiger partial charge in [0.2, 0.25) is 0 Å². The monoisotopic (exact) mass is 442 g/mol. The molecule has 1 N–H and O–H groups in total. The summed E-state index contributed by atoms with van der Waals surface area (Å²) in [5.41, 5.74) is 4.17. The molecule has 6 heteroatoms. The molecule has 1 amide bonds. The minimum Gasteiger partial charge on any atom is -0.485 e. The molecule has 6 nitrogen and oxygen atoms in total. The van der Waals surface area contributed by atoms with Gasteiger partial charge in [0.15, 0.2) is 5.76 Å². The van der Waals surface area contributed by atoms with Gasteiger partial charge < -0.3 is 19.0 Å². The van der Waals surface area contributed by atoms with Gasteiger partial charge in [-0.05, 0) is 54.8 Å².